The van der Waals surface area contributed by atoms with Gasteiger partial charge >= 0.3 is 0 Å². The minimum Gasteiger partial charge on any atom is -0.462 e. The first kappa shape index (κ1) is 7.21. The molecule has 0 fully saturated rings. The summed E-state index contributed by atoms with van der Waals surface area (Å²) in [5, 5.41) is 8.23. The first-order valence-electron chi connectivity index (χ1n) is 3.63. The second-order valence-corrected chi connectivity index (χ2v) is 2.72. The minimum atomic E-state index is 0.611. The molecule has 1 N–H and O–H groups in total. The fourth-order valence-corrected chi connectivity index (χ4v) is 1.34. The Morgan fingerprint density at radius 2 is 2.60 bits per heavy atom. The van der Waals surface area contributed by atoms with Crippen LogP contribution in [0.1, 0.15) is 26.2 Å². The second-order valence-electron chi connectivity index (χ2n) is 2.72. The molecule has 0 bridgehead atoms. The molecule has 0 saturated heterocycles. The monoisotopic (exact) mass is 136 g/mol. The van der Waals surface area contributed by atoms with E-state index < -0.39 is 0 Å². The van der Waals surface area contributed by atoms with E-state index >= 15 is 0 Å². The van der Waals surface area contributed by atoms with Crippen molar-refractivity contribution in [3.8, 4) is 12.0 Å². The maximum absolute atomic E-state index is 8.23. The van der Waals surface area contributed by atoms with Crippen LogP contribution >= 0.6 is 0 Å². The predicted octanol–water partition coefficient (Wildman–Crippen LogP) is 2.07. The fraction of sp³-hybridized carbons (Fsp3) is 0.556. The van der Waals surface area contributed by atoms with Crippen molar-refractivity contribution in [1.29, 1.82) is 0 Å². The van der Waals surface area contributed by atoms with Crippen molar-refractivity contribution in [3.63, 3.8) is 0 Å². The van der Waals surface area contributed by atoms with Crippen LogP contribution in [-0.4, -0.2) is 5.11 Å². The van der Waals surface area contributed by atoms with Gasteiger partial charge in [-0.1, -0.05) is 17.6 Å². The van der Waals surface area contributed by atoms with E-state index in [1.54, 1.807) is 0 Å². The normalized spacial score (nSPS) is 23.3. The third-order valence-corrected chi connectivity index (χ3v) is 2.05. The van der Waals surface area contributed by atoms with Crippen LogP contribution in [0.5, 0.6) is 0 Å². The number of allylic oxidation sites excluding steroid dienone is 2. The van der Waals surface area contributed by atoms with Gasteiger partial charge in [0.05, 0.1) is 0 Å². The van der Waals surface area contributed by atoms with E-state index in [0.29, 0.717) is 5.92 Å². The highest BCUT2D eigenvalue weighted by Crippen LogP contribution is 2.27. The summed E-state index contributed by atoms with van der Waals surface area (Å²) >= 11 is 0. The Labute approximate surface area is 61.8 Å². The Bertz CT molecular complexity index is 193. The van der Waals surface area contributed by atoms with Crippen LogP contribution < -0.4 is 0 Å². The molecule has 0 aromatic rings. The van der Waals surface area contributed by atoms with Crippen LogP contribution in [0.4, 0.5) is 0 Å². The first-order valence-corrected chi connectivity index (χ1v) is 3.63. The summed E-state index contributed by atoms with van der Waals surface area (Å²) in [7, 11) is 0. The zero-order valence-electron chi connectivity index (χ0n) is 6.22. The van der Waals surface area contributed by atoms with Crippen molar-refractivity contribution in [2.45, 2.75) is 26.2 Å². The van der Waals surface area contributed by atoms with Gasteiger partial charge in [-0.05, 0) is 25.7 Å². The molecule has 1 unspecified atom stereocenters. The Balaban J connectivity index is 2.40. The van der Waals surface area contributed by atoms with Crippen LogP contribution in [0, 0.1) is 17.9 Å². The molecule has 1 rings (SSSR count). The zero-order valence-corrected chi connectivity index (χ0v) is 6.22. The molecular weight excluding hydrogens is 124 g/mol. The van der Waals surface area contributed by atoms with E-state index in [4.69, 9.17) is 5.11 Å². The molecule has 0 aliphatic heterocycles. The van der Waals surface area contributed by atoms with Crippen molar-refractivity contribution in [1.82, 2.24) is 0 Å². The number of hydrogen-bond acceptors (Lipinski definition) is 1. The Morgan fingerprint density at radius 3 is 3.10 bits per heavy atom. The molecule has 0 saturated carbocycles. The standard InChI is InChI=1S/C9H12O/c1-8-4-2-5-9(8)6-3-7-10/h4,9-10H,2,5-6H2,1H3. The first-order chi connectivity index (χ1) is 4.84. The molecule has 0 heterocycles. The van der Waals surface area contributed by atoms with Crippen LogP contribution in [0.3, 0.4) is 0 Å². The summed E-state index contributed by atoms with van der Waals surface area (Å²) in [6.45, 7) is 2.14. The van der Waals surface area contributed by atoms with Gasteiger partial charge in [-0.3, -0.25) is 0 Å². The van der Waals surface area contributed by atoms with Gasteiger partial charge in [-0.25, -0.2) is 0 Å². The fourth-order valence-electron chi connectivity index (χ4n) is 1.34. The van der Waals surface area contributed by atoms with Crippen LogP contribution in [0.25, 0.3) is 0 Å². The molecule has 10 heavy (non-hydrogen) atoms. The lowest BCUT2D eigenvalue weighted by atomic mass is 10.00. The highest BCUT2D eigenvalue weighted by Gasteiger charge is 2.13. The van der Waals surface area contributed by atoms with Gasteiger partial charge in [0.15, 0.2) is 0 Å². The molecule has 0 aromatic carbocycles. The van der Waals surface area contributed by atoms with Crippen molar-refractivity contribution in [2.75, 3.05) is 0 Å². The maximum atomic E-state index is 8.23. The van der Waals surface area contributed by atoms with Gasteiger partial charge in [-0.2, -0.15) is 0 Å². The van der Waals surface area contributed by atoms with Crippen molar-refractivity contribution in [2.24, 2.45) is 5.92 Å². The van der Waals surface area contributed by atoms with Gasteiger partial charge < -0.3 is 5.11 Å². The lowest BCUT2D eigenvalue weighted by Crippen LogP contribution is -1.93. The van der Waals surface area contributed by atoms with Gasteiger partial charge in [0.1, 0.15) is 6.11 Å². The highest BCUT2D eigenvalue weighted by atomic mass is 16.2. The third-order valence-electron chi connectivity index (χ3n) is 2.05. The molecule has 1 heteroatoms. The van der Waals surface area contributed by atoms with Gasteiger partial charge in [0.25, 0.3) is 0 Å². The van der Waals surface area contributed by atoms with Crippen LogP contribution in [0.15, 0.2) is 11.6 Å². The number of aliphatic hydroxyl groups is 1. The van der Waals surface area contributed by atoms with E-state index in [1.165, 1.54) is 18.4 Å². The third kappa shape index (κ3) is 1.54. The van der Waals surface area contributed by atoms with E-state index in [0.717, 1.165) is 6.42 Å². The van der Waals surface area contributed by atoms with Crippen LogP contribution in [-0.2, 0) is 0 Å². The lowest BCUT2D eigenvalue weighted by Gasteiger charge is -2.04. The van der Waals surface area contributed by atoms with E-state index in [1.807, 2.05) is 6.11 Å². The van der Waals surface area contributed by atoms with Crippen molar-refractivity contribution >= 4 is 0 Å². The largest absolute Gasteiger partial charge is 0.462 e. The van der Waals surface area contributed by atoms with Crippen molar-refractivity contribution in [3.05, 3.63) is 11.6 Å². The lowest BCUT2D eigenvalue weighted by molar-refractivity contribution is 0.513. The summed E-state index contributed by atoms with van der Waals surface area (Å²) in [5.41, 5.74) is 1.43. The summed E-state index contributed by atoms with van der Waals surface area (Å²) in [5.74, 6) is 3.30. The van der Waals surface area contributed by atoms with Crippen LogP contribution in [0.2, 0.25) is 0 Å². The molecule has 0 amide bonds. The molecule has 0 aromatic heterocycles. The Hall–Kier alpha value is -0.900. The van der Waals surface area contributed by atoms with E-state index in [-0.39, 0.29) is 0 Å². The summed E-state index contributed by atoms with van der Waals surface area (Å²) < 4.78 is 0. The van der Waals surface area contributed by atoms with Crippen molar-refractivity contribution < 1.29 is 5.11 Å². The molecule has 0 spiro atoms. The van der Waals surface area contributed by atoms with E-state index in [9.17, 15) is 0 Å². The van der Waals surface area contributed by atoms with Gasteiger partial charge in [-0.15, -0.1) is 0 Å². The molecule has 1 atom stereocenters. The molecule has 54 valence electrons. The minimum absolute atomic E-state index is 0.611. The average Bonchev–Trinajstić information content (AvgIpc) is 2.31. The second kappa shape index (κ2) is 3.31. The summed E-state index contributed by atoms with van der Waals surface area (Å²) in [6.07, 6.45) is 7.40. The molecule has 1 aliphatic carbocycles. The Kier molecular flexibility index (Phi) is 2.39. The summed E-state index contributed by atoms with van der Waals surface area (Å²) in [4.78, 5) is 0. The topological polar surface area (TPSA) is 20.2 Å². The molecule has 1 nitrogen and oxygen atoms in total. The number of rotatable bonds is 1. The molecule has 0 radical (unpaired) electrons. The molecular formula is C9H12O. The number of aliphatic hydroxyl groups excluding tert-OH is 1. The van der Waals surface area contributed by atoms with Gasteiger partial charge in [0.2, 0.25) is 0 Å². The average molecular weight is 136 g/mol. The Morgan fingerprint density at radius 1 is 1.80 bits per heavy atom. The molecule has 1 aliphatic rings. The maximum Gasteiger partial charge on any atom is 0.107 e. The summed E-state index contributed by atoms with van der Waals surface area (Å²) in [6, 6.07) is 0. The predicted molar refractivity (Wildman–Crippen MR) is 40.8 cm³/mol. The number of hydrogen-bond donors (Lipinski definition) is 1. The van der Waals surface area contributed by atoms with E-state index in [2.05, 4.69) is 18.9 Å². The quantitative estimate of drug-likeness (QED) is 0.432. The van der Waals surface area contributed by atoms with Gasteiger partial charge in [0, 0.05) is 6.42 Å². The smallest absolute Gasteiger partial charge is 0.107 e. The zero-order chi connectivity index (χ0) is 7.40. The SMILES string of the molecule is CC1=CCCC1CC#CO. The highest BCUT2D eigenvalue weighted by molar-refractivity contribution is 5.12.